The van der Waals surface area contributed by atoms with Crippen molar-refractivity contribution in [1.82, 2.24) is 25.9 Å². The van der Waals surface area contributed by atoms with E-state index in [1.807, 2.05) is 13.8 Å². The molecule has 0 aliphatic heterocycles. The Kier molecular flexibility index (Phi) is 10.1. The van der Waals surface area contributed by atoms with Crippen molar-refractivity contribution < 1.29 is 29.4 Å². The highest BCUT2D eigenvalue weighted by atomic mass is 16.4. The van der Waals surface area contributed by atoms with Crippen LogP contribution >= 0.6 is 0 Å². The number of carbonyl (C=O) groups excluding carboxylic acids is 3. The predicted octanol–water partition coefficient (Wildman–Crippen LogP) is -1.73. The van der Waals surface area contributed by atoms with Gasteiger partial charge in [0.15, 0.2) is 6.04 Å². The monoisotopic (exact) mass is 440 g/mol. The first-order valence-corrected chi connectivity index (χ1v) is 10.0. The number of imidazole rings is 1. The molecule has 3 amide bonds. The van der Waals surface area contributed by atoms with Crippen LogP contribution in [0, 0.1) is 5.92 Å². The fourth-order valence-corrected chi connectivity index (χ4v) is 2.65. The number of nitrogens with zero attached hydrogens (tertiary/aromatic N) is 1. The van der Waals surface area contributed by atoms with Crippen molar-refractivity contribution in [3.63, 3.8) is 0 Å². The minimum atomic E-state index is -1.53. The van der Waals surface area contributed by atoms with Crippen LogP contribution in [0.15, 0.2) is 12.5 Å². The van der Waals surface area contributed by atoms with E-state index in [1.54, 1.807) is 0 Å². The van der Waals surface area contributed by atoms with E-state index in [-0.39, 0.29) is 12.3 Å². The first kappa shape index (κ1) is 26.0. The van der Waals surface area contributed by atoms with E-state index in [1.165, 1.54) is 26.4 Å². The second kappa shape index (κ2) is 12.0. The van der Waals surface area contributed by atoms with Crippen LogP contribution in [0.3, 0.4) is 0 Å². The molecule has 12 heteroatoms. The molecule has 0 aliphatic rings. The van der Waals surface area contributed by atoms with Gasteiger partial charge >= 0.3 is 5.97 Å². The zero-order valence-electron chi connectivity index (χ0n) is 18.1. The first-order valence-electron chi connectivity index (χ1n) is 10.0. The quantitative estimate of drug-likeness (QED) is 0.199. The molecule has 0 aromatic carbocycles. The van der Waals surface area contributed by atoms with Crippen molar-refractivity contribution in [2.24, 2.45) is 11.7 Å². The van der Waals surface area contributed by atoms with Crippen LogP contribution in [0.25, 0.3) is 0 Å². The molecule has 1 aromatic heterocycles. The number of aliphatic hydroxyl groups excluding tert-OH is 1. The van der Waals surface area contributed by atoms with Crippen LogP contribution in [-0.4, -0.2) is 74.1 Å². The first-order chi connectivity index (χ1) is 14.5. The largest absolute Gasteiger partial charge is 0.480 e. The number of rotatable bonds is 12. The second-order valence-corrected chi connectivity index (χ2v) is 7.55. The third kappa shape index (κ3) is 7.98. The number of hydrogen-bond donors (Lipinski definition) is 7. The Bertz CT molecular complexity index is 753. The Labute approximate surface area is 180 Å². The highest BCUT2D eigenvalue weighted by molar-refractivity contribution is 5.94. The van der Waals surface area contributed by atoms with Gasteiger partial charge in [-0.3, -0.25) is 14.4 Å². The standard InChI is InChI=1S/C19H32N6O6/c1-5-9(2)14(20)18(29)24-13(6-12-7-21-8-22-12)17(28)23-10(3)16(27)25-15(11(4)26)19(30)31/h7-11,13-15,26H,5-6,20H2,1-4H3,(H,21,22)(H,23,28)(H,24,29)(H,25,27)(H,30,31). The summed E-state index contributed by atoms with van der Waals surface area (Å²) >= 11 is 0. The Balaban J connectivity index is 2.87. The van der Waals surface area contributed by atoms with Gasteiger partial charge in [0, 0.05) is 18.3 Å². The molecule has 6 unspecified atom stereocenters. The topological polar surface area (TPSA) is 200 Å². The molecule has 12 nitrogen and oxygen atoms in total. The van der Waals surface area contributed by atoms with Gasteiger partial charge in [-0.2, -0.15) is 0 Å². The molecule has 0 saturated carbocycles. The van der Waals surface area contributed by atoms with Gasteiger partial charge in [0.1, 0.15) is 12.1 Å². The Morgan fingerprint density at radius 3 is 2.23 bits per heavy atom. The lowest BCUT2D eigenvalue weighted by Crippen LogP contribution is -2.58. The summed E-state index contributed by atoms with van der Waals surface area (Å²) in [6, 6.07) is -4.52. The Morgan fingerprint density at radius 1 is 1.10 bits per heavy atom. The highest BCUT2D eigenvalue weighted by Gasteiger charge is 2.31. The van der Waals surface area contributed by atoms with Crippen molar-refractivity contribution in [2.45, 2.75) is 70.8 Å². The minimum absolute atomic E-state index is 0.0740. The molecule has 174 valence electrons. The number of aromatic amines is 1. The van der Waals surface area contributed by atoms with E-state index in [4.69, 9.17) is 10.8 Å². The van der Waals surface area contributed by atoms with E-state index < -0.39 is 54.0 Å². The average molecular weight is 441 g/mol. The number of aliphatic hydroxyl groups is 1. The number of H-pyrrole nitrogens is 1. The van der Waals surface area contributed by atoms with Crippen molar-refractivity contribution in [2.75, 3.05) is 0 Å². The lowest BCUT2D eigenvalue weighted by atomic mass is 9.98. The Hall–Kier alpha value is -2.99. The molecule has 1 aromatic rings. The van der Waals surface area contributed by atoms with Gasteiger partial charge in [-0.1, -0.05) is 20.3 Å². The SMILES string of the molecule is CCC(C)C(N)C(=O)NC(Cc1cnc[nH]1)C(=O)NC(C)C(=O)NC(C(=O)O)C(C)O. The molecule has 0 aliphatic carbocycles. The molecule has 6 atom stereocenters. The van der Waals surface area contributed by atoms with Gasteiger partial charge < -0.3 is 36.9 Å². The zero-order chi connectivity index (χ0) is 23.7. The Morgan fingerprint density at radius 2 is 1.74 bits per heavy atom. The molecular formula is C19H32N6O6. The van der Waals surface area contributed by atoms with Crippen LogP contribution in [-0.2, 0) is 25.6 Å². The van der Waals surface area contributed by atoms with Crippen molar-refractivity contribution >= 4 is 23.7 Å². The van der Waals surface area contributed by atoms with Crippen molar-refractivity contribution in [1.29, 1.82) is 0 Å². The number of nitrogens with two attached hydrogens (primary N) is 1. The van der Waals surface area contributed by atoms with Gasteiger partial charge in [0.05, 0.1) is 18.5 Å². The fourth-order valence-electron chi connectivity index (χ4n) is 2.65. The minimum Gasteiger partial charge on any atom is -0.480 e. The molecule has 0 bridgehead atoms. The number of carboxylic acid groups (broad SMARTS) is 1. The van der Waals surface area contributed by atoms with Gasteiger partial charge in [-0.15, -0.1) is 0 Å². The lowest BCUT2D eigenvalue weighted by molar-refractivity contribution is -0.145. The van der Waals surface area contributed by atoms with Crippen LogP contribution in [0.4, 0.5) is 0 Å². The van der Waals surface area contributed by atoms with Crippen molar-refractivity contribution in [3.05, 3.63) is 18.2 Å². The summed E-state index contributed by atoms with van der Waals surface area (Å²) < 4.78 is 0. The molecule has 31 heavy (non-hydrogen) atoms. The molecule has 1 rings (SSSR count). The summed E-state index contributed by atoms with van der Waals surface area (Å²) in [5.74, 6) is -3.49. The van der Waals surface area contributed by atoms with E-state index in [9.17, 15) is 24.3 Å². The molecule has 0 fully saturated rings. The number of carbonyl (C=O) groups is 4. The number of hydrogen-bond acceptors (Lipinski definition) is 7. The van der Waals surface area contributed by atoms with E-state index in [0.29, 0.717) is 12.1 Å². The van der Waals surface area contributed by atoms with E-state index >= 15 is 0 Å². The van der Waals surface area contributed by atoms with Crippen LogP contribution in [0.2, 0.25) is 0 Å². The van der Waals surface area contributed by atoms with Gasteiger partial charge in [0.25, 0.3) is 0 Å². The predicted molar refractivity (Wildman–Crippen MR) is 111 cm³/mol. The number of aromatic nitrogens is 2. The molecule has 0 radical (unpaired) electrons. The fraction of sp³-hybridized carbons (Fsp3) is 0.632. The molecule has 0 spiro atoms. The summed E-state index contributed by atoms with van der Waals surface area (Å²) in [7, 11) is 0. The summed E-state index contributed by atoms with van der Waals surface area (Å²) in [6.07, 6.45) is 2.34. The summed E-state index contributed by atoms with van der Waals surface area (Å²) in [4.78, 5) is 55.4. The second-order valence-electron chi connectivity index (χ2n) is 7.55. The third-order valence-corrected chi connectivity index (χ3v) is 4.97. The number of nitrogens with one attached hydrogen (secondary N) is 4. The molecule has 8 N–H and O–H groups in total. The number of aliphatic carboxylic acids is 1. The van der Waals surface area contributed by atoms with Crippen LogP contribution in [0.5, 0.6) is 0 Å². The normalized spacial score (nSPS) is 16.8. The summed E-state index contributed by atoms with van der Waals surface area (Å²) in [5.41, 5.74) is 6.53. The number of amides is 3. The molecular weight excluding hydrogens is 408 g/mol. The molecule has 1 heterocycles. The maximum atomic E-state index is 12.8. The zero-order valence-corrected chi connectivity index (χ0v) is 18.1. The smallest absolute Gasteiger partial charge is 0.328 e. The van der Waals surface area contributed by atoms with Crippen LogP contribution < -0.4 is 21.7 Å². The van der Waals surface area contributed by atoms with Gasteiger partial charge in [0.2, 0.25) is 17.7 Å². The molecule has 0 saturated heterocycles. The summed E-state index contributed by atoms with van der Waals surface area (Å²) in [6.45, 7) is 6.29. The maximum Gasteiger partial charge on any atom is 0.328 e. The van der Waals surface area contributed by atoms with E-state index in [2.05, 4.69) is 25.9 Å². The van der Waals surface area contributed by atoms with Crippen molar-refractivity contribution in [3.8, 4) is 0 Å². The average Bonchev–Trinajstić information content (AvgIpc) is 3.22. The lowest BCUT2D eigenvalue weighted by Gasteiger charge is -2.25. The highest BCUT2D eigenvalue weighted by Crippen LogP contribution is 2.07. The summed E-state index contributed by atoms with van der Waals surface area (Å²) in [5, 5.41) is 25.8. The maximum absolute atomic E-state index is 12.8. The number of carboxylic acids is 1. The van der Waals surface area contributed by atoms with E-state index in [0.717, 1.165) is 0 Å². The van der Waals surface area contributed by atoms with Crippen LogP contribution in [0.1, 0.15) is 39.8 Å². The van der Waals surface area contributed by atoms with Gasteiger partial charge in [-0.05, 0) is 19.8 Å². The third-order valence-electron chi connectivity index (χ3n) is 4.97. The van der Waals surface area contributed by atoms with Gasteiger partial charge in [-0.25, -0.2) is 9.78 Å².